The van der Waals surface area contributed by atoms with Crippen LogP contribution in [-0.4, -0.2) is 0 Å². The van der Waals surface area contributed by atoms with E-state index in [4.69, 9.17) is 5.73 Å². The van der Waals surface area contributed by atoms with Crippen LogP contribution < -0.4 is 15.9 Å². The second-order valence-electron chi connectivity index (χ2n) is 6.49. The zero-order valence-electron chi connectivity index (χ0n) is 15.9. The summed E-state index contributed by atoms with van der Waals surface area (Å²) in [5.41, 5.74) is 8.86. The van der Waals surface area contributed by atoms with E-state index in [1.807, 2.05) is 30.3 Å². The van der Waals surface area contributed by atoms with Gasteiger partial charge >= 0.3 is 16.5 Å². The third-order valence-electron chi connectivity index (χ3n) is 4.39. The van der Waals surface area contributed by atoms with Gasteiger partial charge in [-0.3, -0.25) is 0 Å². The van der Waals surface area contributed by atoms with E-state index < -0.39 is 7.92 Å². The molecule has 0 unspecified atom stereocenters. The fraction of sp³-hybridized carbons (Fsp3) is 0.0800. The Labute approximate surface area is 180 Å². The van der Waals surface area contributed by atoms with Crippen LogP contribution in [0.2, 0.25) is 0 Å². The van der Waals surface area contributed by atoms with E-state index in [9.17, 15) is 0 Å². The largest absolute Gasteiger partial charge is 2.00 e. The molecule has 0 radical (unpaired) electrons. The maximum Gasteiger partial charge on any atom is 2.00 e. The van der Waals surface area contributed by atoms with Crippen molar-refractivity contribution in [2.75, 3.05) is 0 Å². The first-order valence-corrected chi connectivity index (χ1v) is 10.7. The molecule has 0 aromatic heterocycles. The van der Waals surface area contributed by atoms with Gasteiger partial charge < -0.3 is 5.73 Å². The van der Waals surface area contributed by atoms with Gasteiger partial charge in [0.25, 0.3) is 0 Å². The molecule has 0 aliphatic heterocycles. The number of hydrogen-bond donors (Lipinski definition) is 0. The van der Waals surface area contributed by atoms with Crippen molar-refractivity contribution >= 4 is 29.5 Å². The van der Waals surface area contributed by atoms with Gasteiger partial charge in [-0.05, 0) is 30.3 Å². The zero-order valence-corrected chi connectivity index (χ0v) is 17.9. The molecular weight excluding hydrogens is 404 g/mol. The van der Waals surface area contributed by atoms with Gasteiger partial charge in [0, 0.05) is 0 Å². The molecule has 0 saturated heterocycles. The quantitative estimate of drug-likeness (QED) is 0.279. The molecule has 3 heteroatoms. The Morgan fingerprint density at radius 2 is 1.29 bits per heavy atom. The third kappa shape index (κ3) is 6.13. The molecule has 1 N–H and O–H groups in total. The molecule has 144 valence electrons. The molecular formula is C25H25NNiP+. The number of nitrogens with one attached hydrogen (secondary N) is 1. The number of allylic oxidation sites excluding steroid dienone is 4. The summed E-state index contributed by atoms with van der Waals surface area (Å²) in [5, 5.41) is 3.79. The number of rotatable bonds is 3. The minimum Gasteiger partial charge on any atom is -0.696 e. The number of hydrogen-bond acceptors (Lipinski definition) is 0. The molecule has 3 aromatic rings. The topological polar surface area (TPSA) is 23.8 Å². The molecule has 0 spiro atoms. The standard InChI is InChI=1S/C18H15NP.C7H9.Ni/c19-17-13-7-8-14-18(17)20(15-9-3-1-4-10-15)16-11-5-2-6-12-16;1-7-5-3-2-4-6-7;/h1-14,19H;2-5H,6H2,1H3;/q2*-1;+2/p+1. The van der Waals surface area contributed by atoms with Crippen LogP contribution in [0.4, 0.5) is 5.69 Å². The average molecular weight is 429 g/mol. The Morgan fingerprint density at radius 3 is 1.71 bits per heavy atom. The van der Waals surface area contributed by atoms with Crippen LogP contribution in [0.5, 0.6) is 0 Å². The average Bonchev–Trinajstić information content (AvgIpc) is 2.72. The Bertz CT molecular complexity index is 851. The van der Waals surface area contributed by atoms with E-state index in [1.165, 1.54) is 16.5 Å². The summed E-state index contributed by atoms with van der Waals surface area (Å²) in [7, 11) is -1.09. The molecule has 1 aliphatic carbocycles. The first-order chi connectivity index (χ1) is 13.3. The smallest absolute Gasteiger partial charge is 0.696 e. The molecule has 28 heavy (non-hydrogen) atoms. The van der Waals surface area contributed by atoms with E-state index in [-0.39, 0.29) is 16.5 Å². The molecule has 3 aromatic carbocycles. The number of benzene rings is 3. The fourth-order valence-electron chi connectivity index (χ4n) is 3.01. The van der Waals surface area contributed by atoms with E-state index in [0.717, 1.165) is 11.7 Å². The molecule has 0 fully saturated rings. The van der Waals surface area contributed by atoms with Crippen molar-refractivity contribution in [3.8, 4) is 0 Å². The minimum absolute atomic E-state index is 0. The summed E-state index contributed by atoms with van der Waals surface area (Å²) in [6.45, 7) is 2.14. The normalized spacial score (nSPS) is 12.1. The maximum atomic E-state index is 8.23. The molecule has 0 bridgehead atoms. The van der Waals surface area contributed by atoms with Crippen LogP contribution >= 0.6 is 7.92 Å². The van der Waals surface area contributed by atoms with Crippen molar-refractivity contribution in [1.29, 1.82) is 0 Å². The van der Waals surface area contributed by atoms with Crippen molar-refractivity contribution in [3.63, 3.8) is 0 Å². The first-order valence-electron chi connectivity index (χ1n) is 9.20. The predicted octanol–water partition coefficient (Wildman–Crippen LogP) is 5.96. The van der Waals surface area contributed by atoms with Crippen LogP contribution in [0, 0.1) is 5.92 Å². The van der Waals surface area contributed by atoms with Crippen LogP contribution in [0.1, 0.15) is 13.3 Å². The van der Waals surface area contributed by atoms with Crippen molar-refractivity contribution in [2.45, 2.75) is 13.3 Å². The summed E-state index contributed by atoms with van der Waals surface area (Å²) in [5.74, 6) is 1.45. The van der Waals surface area contributed by atoms with E-state index in [2.05, 4.69) is 85.8 Å². The van der Waals surface area contributed by atoms with Gasteiger partial charge in [0.2, 0.25) is 0 Å². The van der Waals surface area contributed by atoms with Crippen molar-refractivity contribution in [2.24, 2.45) is 0 Å². The Hall–Kier alpha value is -2.27. The van der Waals surface area contributed by atoms with Gasteiger partial charge in [0.15, 0.2) is 0 Å². The van der Waals surface area contributed by atoms with E-state index in [1.54, 1.807) is 0 Å². The summed E-state index contributed by atoms with van der Waals surface area (Å²) in [4.78, 5) is 0. The van der Waals surface area contributed by atoms with E-state index >= 15 is 0 Å². The van der Waals surface area contributed by atoms with Crippen LogP contribution in [0.15, 0.2) is 109 Å². The summed E-state index contributed by atoms with van der Waals surface area (Å²) >= 11 is 0. The first kappa shape index (κ1) is 22.0. The molecule has 0 amide bonds. The Kier molecular flexibility index (Phi) is 9.08. The Morgan fingerprint density at radius 1 is 0.750 bits per heavy atom. The van der Waals surface area contributed by atoms with Gasteiger partial charge in [0.05, 0.1) is 13.2 Å². The summed E-state index contributed by atoms with van der Waals surface area (Å²) in [6, 6.07) is 29.0. The maximum absolute atomic E-state index is 8.23. The van der Waals surface area contributed by atoms with Gasteiger partial charge in [-0.25, -0.2) is 18.1 Å². The van der Waals surface area contributed by atoms with Crippen LogP contribution in [0.25, 0.3) is 5.73 Å². The van der Waals surface area contributed by atoms with Crippen LogP contribution in [-0.2, 0) is 16.5 Å². The minimum atomic E-state index is -1.09. The predicted molar refractivity (Wildman–Crippen MR) is 122 cm³/mol. The van der Waals surface area contributed by atoms with Crippen LogP contribution in [0.3, 0.4) is 0 Å². The molecule has 0 atom stereocenters. The zero-order chi connectivity index (χ0) is 18.9. The van der Waals surface area contributed by atoms with Gasteiger partial charge in [-0.15, -0.1) is 19.1 Å². The van der Waals surface area contributed by atoms with E-state index in [0.29, 0.717) is 5.69 Å². The van der Waals surface area contributed by atoms with Crippen molar-refractivity contribution in [3.05, 3.63) is 121 Å². The molecule has 0 heterocycles. The summed E-state index contributed by atoms with van der Waals surface area (Å²) in [6.07, 6.45) is 9.58. The SMILES string of the molecule is C[C-]1C=CC=CC1.[NH-]c1ccccc1[PH+](c1ccccc1)c1ccccc1.[Ni+2]. The van der Waals surface area contributed by atoms with Gasteiger partial charge in [-0.2, -0.15) is 0 Å². The summed E-state index contributed by atoms with van der Waals surface area (Å²) < 4.78 is 0. The van der Waals surface area contributed by atoms with Crippen molar-refractivity contribution in [1.82, 2.24) is 0 Å². The Balaban J connectivity index is 0.000000298. The second-order valence-corrected chi connectivity index (χ2v) is 8.93. The molecule has 1 aliphatic rings. The third-order valence-corrected chi connectivity index (χ3v) is 7.19. The fourth-order valence-corrected chi connectivity index (χ4v) is 5.63. The monoisotopic (exact) mass is 428 g/mol. The van der Waals surface area contributed by atoms with Gasteiger partial charge in [-0.1, -0.05) is 66.7 Å². The molecule has 0 saturated carbocycles. The molecule has 1 nitrogen and oxygen atoms in total. The van der Waals surface area contributed by atoms with Gasteiger partial charge in [0.1, 0.15) is 10.6 Å². The second kappa shape index (κ2) is 11.5. The molecule has 4 rings (SSSR count). The van der Waals surface area contributed by atoms with Crippen molar-refractivity contribution < 1.29 is 16.5 Å².